The molecular weight excluding hydrogens is 354 g/mol. The molecule has 7 heteroatoms. The average Bonchev–Trinajstić information content (AvgIpc) is 3.22. The molecule has 0 unspecified atom stereocenters. The lowest BCUT2D eigenvalue weighted by Gasteiger charge is -2.08. The lowest BCUT2D eigenvalue weighted by Crippen LogP contribution is -2.14. The number of hydrogen-bond acceptors (Lipinski definition) is 6. The first-order chi connectivity index (χ1) is 12.4. The van der Waals surface area contributed by atoms with Crippen LogP contribution in [0, 0.1) is 13.8 Å². The summed E-state index contributed by atoms with van der Waals surface area (Å²) in [5.74, 6) is -1.68. The molecule has 0 saturated carbocycles. The molecule has 0 saturated heterocycles. The molecule has 0 atom stereocenters. The van der Waals surface area contributed by atoms with E-state index in [2.05, 4.69) is 9.30 Å². The SMILES string of the molecule is CCOC(=O)/C=C/C(=O)OCC(=O)c1cc(C)n(Cc2cccs2)c1C. The van der Waals surface area contributed by atoms with Crippen molar-refractivity contribution < 1.29 is 23.9 Å². The number of nitrogens with zero attached hydrogens (tertiary/aromatic N) is 1. The fraction of sp³-hybridized carbons (Fsp3) is 0.316. The smallest absolute Gasteiger partial charge is 0.331 e. The van der Waals surface area contributed by atoms with Gasteiger partial charge in [-0.05, 0) is 38.3 Å². The summed E-state index contributed by atoms with van der Waals surface area (Å²) < 4.78 is 11.6. The van der Waals surface area contributed by atoms with Gasteiger partial charge in [-0.3, -0.25) is 4.79 Å². The van der Waals surface area contributed by atoms with Crippen LogP contribution in [0.25, 0.3) is 0 Å². The van der Waals surface area contributed by atoms with Gasteiger partial charge in [-0.1, -0.05) is 6.07 Å². The molecule has 0 bridgehead atoms. The Balaban J connectivity index is 1.97. The number of aromatic nitrogens is 1. The molecule has 0 aliphatic heterocycles. The fourth-order valence-corrected chi connectivity index (χ4v) is 3.17. The summed E-state index contributed by atoms with van der Waals surface area (Å²) in [5, 5.41) is 2.01. The maximum Gasteiger partial charge on any atom is 0.331 e. The summed E-state index contributed by atoms with van der Waals surface area (Å²) in [5.41, 5.74) is 2.33. The van der Waals surface area contributed by atoms with E-state index < -0.39 is 11.9 Å². The molecule has 2 rings (SSSR count). The highest BCUT2D eigenvalue weighted by atomic mass is 32.1. The summed E-state index contributed by atoms with van der Waals surface area (Å²) >= 11 is 1.66. The zero-order chi connectivity index (χ0) is 19.1. The minimum Gasteiger partial charge on any atom is -0.463 e. The molecule has 6 nitrogen and oxygen atoms in total. The topological polar surface area (TPSA) is 74.6 Å². The molecule has 138 valence electrons. The average molecular weight is 375 g/mol. The van der Waals surface area contributed by atoms with E-state index in [1.165, 1.54) is 4.88 Å². The van der Waals surface area contributed by atoms with Gasteiger partial charge in [0.2, 0.25) is 5.78 Å². The van der Waals surface area contributed by atoms with Gasteiger partial charge in [-0.15, -0.1) is 11.3 Å². The number of carbonyl (C=O) groups is 3. The molecule has 26 heavy (non-hydrogen) atoms. The molecule has 0 aliphatic rings. The maximum atomic E-state index is 12.4. The number of hydrogen-bond donors (Lipinski definition) is 0. The van der Waals surface area contributed by atoms with Gasteiger partial charge in [0.05, 0.1) is 13.2 Å². The third-order valence-corrected chi connectivity index (χ3v) is 4.62. The molecule has 0 spiro atoms. The molecular formula is C19H21NO5S. The van der Waals surface area contributed by atoms with Crippen LogP contribution in [0.2, 0.25) is 0 Å². The van der Waals surface area contributed by atoms with Crippen molar-refractivity contribution in [3.8, 4) is 0 Å². The van der Waals surface area contributed by atoms with Crippen LogP contribution >= 0.6 is 11.3 Å². The molecule has 0 N–H and O–H groups in total. The normalized spacial score (nSPS) is 10.9. The first kappa shape index (κ1) is 19.7. The maximum absolute atomic E-state index is 12.4. The van der Waals surface area contributed by atoms with Gasteiger partial charge in [0.15, 0.2) is 6.61 Å². The quantitative estimate of drug-likeness (QED) is 0.403. The minimum atomic E-state index is -0.765. The van der Waals surface area contributed by atoms with Crippen molar-refractivity contribution in [1.82, 2.24) is 4.57 Å². The van der Waals surface area contributed by atoms with Crippen molar-refractivity contribution >= 4 is 29.1 Å². The van der Waals surface area contributed by atoms with Gasteiger partial charge in [-0.25, -0.2) is 9.59 Å². The summed E-state index contributed by atoms with van der Waals surface area (Å²) in [6.45, 7) is 6.01. The van der Waals surface area contributed by atoms with Crippen LogP contribution in [0.5, 0.6) is 0 Å². The Bertz CT molecular complexity index is 817. The summed E-state index contributed by atoms with van der Waals surface area (Å²) in [6.07, 6.45) is 1.93. The zero-order valence-electron chi connectivity index (χ0n) is 15.0. The van der Waals surface area contributed by atoms with E-state index >= 15 is 0 Å². The molecule has 2 aromatic heterocycles. The Labute approximate surface area is 156 Å². The predicted molar refractivity (Wildman–Crippen MR) is 98.4 cm³/mol. The van der Waals surface area contributed by atoms with Gasteiger partial charge in [0.25, 0.3) is 0 Å². The van der Waals surface area contributed by atoms with Crippen LogP contribution in [-0.4, -0.2) is 35.5 Å². The van der Waals surface area contributed by atoms with E-state index in [0.717, 1.165) is 23.5 Å². The van der Waals surface area contributed by atoms with E-state index in [4.69, 9.17) is 4.74 Å². The Hall–Kier alpha value is -2.67. The second-order valence-electron chi connectivity index (χ2n) is 5.57. The number of carbonyl (C=O) groups excluding carboxylic acids is 3. The van der Waals surface area contributed by atoms with Crippen LogP contribution in [0.3, 0.4) is 0 Å². The van der Waals surface area contributed by atoms with Crippen LogP contribution in [0.15, 0.2) is 35.7 Å². The van der Waals surface area contributed by atoms with E-state index in [0.29, 0.717) is 12.1 Å². The Kier molecular flexibility index (Phi) is 6.91. The van der Waals surface area contributed by atoms with Crippen molar-refractivity contribution in [2.45, 2.75) is 27.3 Å². The number of thiophene rings is 1. The Morgan fingerprint density at radius 1 is 1.15 bits per heavy atom. The monoisotopic (exact) mass is 375 g/mol. The molecule has 2 aromatic rings. The van der Waals surface area contributed by atoms with E-state index in [-0.39, 0.29) is 19.0 Å². The van der Waals surface area contributed by atoms with Gasteiger partial charge in [0, 0.05) is 34.0 Å². The van der Waals surface area contributed by atoms with Crippen molar-refractivity contribution in [3.05, 3.63) is 57.6 Å². The van der Waals surface area contributed by atoms with Crippen LogP contribution in [0.1, 0.15) is 33.5 Å². The highest BCUT2D eigenvalue weighted by Crippen LogP contribution is 2.19. The molecule has 0 aromatic carbocycles. The van der Waals surface area contributed by atoms with E-state index in [9.17, 15) is 14.4 Å². The zero-order valence-corrected chi connectivity index (χ0v) is 15.8. The second kappa shape index (κ2) is 9.15. The highest BCUT2D eigenvalue weighted by Gasteiger charge is 2.17. The molecule has 2 heterocycles. The number of rotatable bonds is 8. The number of esters is 2. The van der Waals surface area contributed by atoms with Crippen molar-refractivity contribution in [2.24, 2.45) is 0 Å². The standard InChI is InChI=1S/C19H21NO5S/c1-4-24-18(22)7-8-19(23)25-12-17(21)16-10-13(2)20(14(16)3)11-15-6-5-9-26-15/h5-10H,4,11-12H2,1-3H3/b8-7+. The highest BCUT2D eigenvalue weighted by molar-refractivity contribution is 7.09. The van der Waals surface area contributed by atoms with Gasteiger partial charge >= 0.3 is 11.9 Å². The lowest BCUT2D eigenvalue weighted by molar-refractivity contribution is -0.139. The first-order valence-corrected chi connectivity index (χ1v) is 9.04. The Morgan fingerprint density at radius 3 is 2.46 bits per heavy atom. The van der Waals surface area contributed by atoms with E-state index in [1.807, 2.05) is 31.4 Å². The fourth-order valence-electron chi connectivity index (χ4n) is 2.47. The number of aryl methyl sites for hydroxylation is 1. The van der Waals surface area contributed by atoms with Crippen LogP contribution < -0.4 is 0 Å². The van der Waals surface area contributed by atoms with Crippen molar-refractivity contribution in [1.29, 1.82) is 0 Å². The first-order valence-electron chi connectivity index (χ1n) is 8.16. The molecule has 0 fully saturated rings. The van der Waals surface area contributed by atoms with Gasteiger partial charge in [-0.2, -0.15) is 0 Å². The molecule has 0 aliphatic carbocycles. The number of ether oxygens (including phenoxy) is 2. The summed E-state index contributed by atoms with van der Waals surface area (Å²) in [6, 6.07) is 5.83. The van der Waals surface area contributed by atoms with Crippen LogP contribution in [0.4, 0.5) is 0 Å². The van der Waals surface area contributed by atoms with Gasteiger partial charge < -0.3 is 14.0 Å². The van der Waals surface area contributed by atoms with Crippen LogP contribution in [-0.2, 0) is 25.6 Å². The lowest BCUT2D eigenvalue weighted by atomic mass is 10.1. The van der Waals surface area contributed by atoms with E-state index in [1.54, 1.807) is 24.3 Å². The largest absolute Gasteiger partial charge is 0.463 e. The number of Topliss-reactive ketones (excluding diaryl/α,β-unsaturated/α-hetero) is 1. The predicted octanol–water partition coefficient (Wildman–Crippen LogP) is 3.06. The minimum absolute atomic E-state index is 0.220. The molecule has 0 radical (unpaired) electrons. The van der Waals surface area contributed by atoms with Crippen molar-refractivity contribution in [2.75, 3.05) is 13.2 Å². The summed E-state index contributed by atoms with van der Waals surface area (Å²) in [7, 11) is 0. The third-order valence-electron chi connectivity index (χ3n) is 3.76. The van der Waals surface area contributed by atoms with Crippen molar-refractivity contribution in [3.63, 3.8) is 0 Å². The van der Waals surface area contributed by atoms with Gasteiger partial charge in [0.1, 0.15) is 0 Å². The molecule has 0 amide bonds. The number of ketones is 1. The second-order valence-corrected chi connectivity index (χ2v) is 6.60. The Morgan fingerprint density at radius 2 is 1.85 bits per heavy atom. The third kappa shape index (κ3) is 5.16. The summed E-state index contributed by atoms with van der Waals surface area (Å²) in [4.78, 5) is 36.3.